The maximum Gasteiger partial charge on any atom is 0.418 e. The molecule has 3 aromatic carbocycles. The van der Waals surface area contributed by atoms with Gasteiger partial charge in [0.15, 0.2) is 11.7 Å². The summed E-state index contributed by atoms with van der Waals surface area (Å²) in [6.45, 7) is 1.43. The van der Waals surface area contributed by atoms with Crippen molar-refractivity contribution in [1.29, 1.82) is 0 Å². The monoisotopic (exact) mass is 687 g/mol. The van der Waals surface area contributed by atoms with Gasteiger partial charge in [-0.2, -0.15) is 22.0 Å². The predicted octanol–water partition coefficient (Wildman–Crippen LogP) is 5.62. The highest BCUT2D eigenvalue weighted by Gasteiger charge is 2.58. The summed E-state index contributed by atoms with van der Waals surface area (Å²) in [4.78, 5) is 8.06. The third-order valence-electron chi connectivity index (χ3n) is 8.49. The lowest BCUT2D eigenvalue weighted by atomic mass is 9.84. The van der Waals surface area contributed by atoms with E-state index in [-0.39, 0.29) is 5.56 Å². The van der Waals surface area contributed by atoms with Gasteiger partial charge >= 0.3 is 12.1 Å². The van der Waals surface area contributed by atoms with Crippen molar-refractivity contribution in [2.75, 3.05) is 36.0 Å². The molecule has 1 aliphatic rings. The highest BCUT2D eigenvalue weighted by atomic mass is 19.4. The van der Waals surface area contributed by atoms with E-state index in [9.17, 15) is 32.2 Å². The smallest absolute Gasteiger partial charge is 0.379 e. The molecule has 2 atom stereocenters. The van der Waals surface area contributed by atoms with Crippen molar-refractivity contribution in [1.82, 2.24) is 25.2 Å². The maximum absolute atomic E-state index is 16.1. The SMILES string of the molecule is OC(c1ccc(N2CCN(c3ccc(-c4ccc(C(F)(F)C(O)(Cn5cnnn5)c5cc(F)ccc5F)nc4)cc3)CC2)cc1)C(F)(F)F. The van der Waals surface area contributed by atoms with E-state index in [4.69, 9.17) is 0 Å². The number of hydrogen-bond acceptors (Lipinski definition) is 8. The van der Waals surface area contributed by atoms with Gasteiger partial charge in [0.2, 0.25) is 0 Å². The van der Waals surface area contributed by atoms with E-state index >= 15 is 8.78 Å². The van der Waals surface area contributed by atoms with Gasteiger partial charge in [-0.1, -0.05) is 30.3 Å². The predicted molar refractivity (Wildman–Crippen MR) is 164 cm³/mol. The molecule has 2 aromatic heterocycles. The maximum atomic E-state index is 16.1. The second-order valence-corrected chi connectivity index (χ2v) is 11.6. The molecule has 5 aromatic rings. The van der Waals surface area contributed by atoms with Crippen LogP contribution in [-0.2, 0) is 18.1 Å². The van der Waals surface area contributed by atoms with E-state index in [0.717, 1.165) is 34.5 Å². The van der Waals surface area contributed by atoms with Crippen molar-refractivity contribution < 1.29 is 40.9 Å². The molecule has 2 unspecified atom stereocenters. The summed E-state index contributed by atoms with van der Waals surface area (Å²) in [5, 5.41) is 31.0. The molecule has 6 rings (SSSR count). The molecule has 0 saturated carbocycles. The van der Waals surface area contributed by atoms with Crippen LogP contribution in [0.3, 0.4) is 0 Å². The Morgan fingerprint density at radius 1 is 0.755 bits per heavy atom. The van der Waals surface area contributed by atoms with Gasteiger partial charge in [-0.15, -0.1) is 5.10 Å². The van der Waals surface area contributed by atoms with Gasteiger partial charge in [0.1, 0.15) is 23.7 Å². The van der Waals surface area contributed by atoms with Crippen molar-refractivity contribution in [3.8, 4) is 11.1 Å². The number of aromatic nitrogens is 5. The zero-order chi connectivity index (χ0) is 35.0. The zero-order valence-electron chi connectivity index (χ0n) is 25.4. The van der Waals surface area contributed by atoms with Gasteiger partial charge < -0.3 is 20.0 Å². The van der Waals surface area contributed by atoms with Gasteiger partial charge in [-0.3, -0.25) is 4.98 Å². The van der Waals surface area contributed by atoms with E-state index in [1.54, 1.807) is 24.3 Å². The third-order valence-corrected chi connectivity index (χ3v) is 8.49. The number of benzene rings is 3. The summed E-state index contributed by atoms with van der Waals surface area (Å²) < 4.78 is 100. The van der Waals surface area contributed by atoms with Gasteiger partial charge in [-0.05, 0) is 70.1 Å². The van der Waals surface area contributed by atoms with Crippen LogP contribution < -0.4 is 9.80 Å². The lowest BCUT2D eigenvalue weighted by Gasteiger charge is -2.37. The van der Waals surface area contributed by atoms with Crippen LogP contribution in [-0.4, -0.2) is 67.8 Å². The normalized spacial score (nSPS) is 16.0. The molecule has 1 aliphatic heterocycles. The number of nitrogens with zero attached hydrogens (tertiary/aromatic N) is 7. The number of pyridine rings is 1. The molecule has 0 amide bonds. The molecule has 49 heavy (non-hydrogen) atoms. The standard InChI is InChI=1S/C33H28F7N7O2/c34-24-6-11-28(35)27(17-24)31(49,19-47-20-42-43-44-47)32(36,37)29-12-5-23(18-41-29)21-1-7-25(8-2-21)45-13-15-46(16-14-45)26-9-3-22(4-10-26)30(48)33(38,39)40/h1-12,17-18,20,30,48-49H,13-16,19H2. The van der Waals surface area contributed by atoms with Crippen LogP contribution in [0, 0.1) is 11.6 Å². The van der Waals surface area contributed by atoms with Crippen LogP contribution in [0.1, 0.15) is 22.9 Å². The first-order valence-corrected chi connectivity index (χ1v) is 14.9. The second kappa shape index (κ2) is 13.1. The molecule has 0 radical (unpaired) electrons. The minimum Gasteiger partial charge on any atom is -0.379 e. The number of anilines is 2. The number of rotatable bonds is 9. The highest BCUT2D eigenvalue weighted by Crippen LogP contribution is 2.47. The molecular formula is C33H28F7N7O2. The molecule has 1 saturated heterocycles. The number of aliphatic hydroxyl groups excluding tert-OH is 1. The third kappa shape index (κ3) is 6.78. The summed E-state index contributed by atoms with van der Waals surface area (Å²) in [6.07, 6.45) is -5.14. The number of tetrazole rings is 1. The van der Waals surface area contributed by atoms with Crippen molar-refractivity contribution in [2.45, 2.75) is 30.3 Å². The first kappa shape index (κ1) is 33.8. The summed E-state index contributed by atoms with van der Waals surface area (Å²) in [7, 11) is 0. The van der Waals surface area contributed by atoms with Crippen molar-refractivity contribution >= 4 is 11.4 Å². The summed E-state index contributed by atoms with van der Waals surface area (Å²) in [5.74, 6) is -6.52. The first-order chi connectivity index (χ1) is 23.3. The molecule has 0 spiro atoms. The average Bonchev–Trinajstić information content (AvgIpc) is 3.61. The fourth-order valence-corrected chi connectivity index (χ4v) is 5.76. The van der Waals surface area contributed by atoms with Crippen LogP contribution in [0.15, 0.2) is 91.4 Å². The van der Waals surface area contributed by atoms with E-state index in [1.807, 2.05) is 17.0 Å². The molecule has 3 heterocycles. The lowest BCUT2D eigenvalue weighted by Crippen LogP contribution is -2.48. The fourth-order valence-electron chi connectivity index (χ4n) is 5.76. The lowest BCUT2D eigenvalue weighted by molar-refractivity contribution is -0.207. The van der Waals surface area contributed by atoms with Gasteiger partial charge in [0.25, 0.3) is 0 Å². The number of hydrogen-bond donors (Lipinski definition) is 2. The van der Waals surface area contributed by atoms with E-state index < -0.39 is 53.2 Å². The molecule has 0 bridgehead atoms. The molecule has 256 valence electrons. The number of alkyl halides is 5. The Balaban J connectivity index is 1.14. The van der Waals surface area contributed by atoms with Gasteiger partial charge in [-0.25, -0.2) is 13.5 Å². The number of aliphatic hydroxyl groups is 2. The Kier molecular flexibility index (Phi) is 9.02. The molecular weight excluding hydrogens is 659 g/mol. The summed E-state index contributed by atoms with van der Waals surface area (Å²) in [6, 6.07) is 17.2. The Morgan fingerprint density at radius 2 is 1.35 bits per heavy atom. The quantitative estimate of drug-likeness (QED) is 0.193. The van der Waals surface area contributed by atoms with Crippen LogP contribution in [0.4, 0.5) is 42.1 Å². The van der Waals surface area contributed by atoms with Crippen LogP contribution >= 0.6 is 0 Å². The molecule has 2 N–H and O–H groups in total. The van der Waals surface area contributed by atoms with Crippen LogP contribution in [0.2, 0.25) is 0 Å². The topological polar surface area (TPSA) is 103 Å². The Bertz CT molecular complexity index is 1870. The largest absolute Gasteiger partial charge is 0.418 e. The van der Waals surface area contributed by atoms with Crippen molar-refractivity contribution in [2.24, 2.45) is 0 Å². The zero-order valence-corrected chi connectivity index (χ0v) is 25.4. The Hall–Kier alpha value is -5.09. The number of piperazine rings is 1. The van der Waals surface area contributed by atoms with Crippen molar-refractivity contribution in [3.63, 3.8) is 0 Å². The van der Waals surface area contributed by atoms with Crippen LogP contribution in [0.5, 0.6) is 0 Å². The van der Waals surface area contributed by atoms with Gasteiger partial charge in [0, 0.05) is 54.9 Å². The molecule has 9 nitrogen and oxygen atoms in total. The fraction of sp³-hybridized carbons (Fsp3) is 0.273. The Labute approximate surface area is 274 Å². The molecule has 0 aliphatic carbocycles. The average molecular weight is 688 g/mol. The van der Waals surface area contributed by atoms with Crippen molar-refractivity contribution in [3.05, 3.63) is 120 Å². The van der Waals surface area contributed by atoms with E-state index in [2.05, 4.69) is 25.4 Å². The molecule has 1 fully saturated rings. The number of halogens is 7. The minimum absolute atomic E-state index is 0.227. The molecule has 16 heteroatoms. The first-order valence-electron chi connectivity index (χ1n) is 14.9. The summed E-state index contributed by atoms with van der Waals surface area (Å²) in [5.41, 5.74) is -2.66. The Morgan fingerprint density at radius 3 is 1.88 bits per heavy atom. The van der Waals surface area contributed by atoms with Gasteiger partial charge in [0.05, 0.1) is 6.54 Å². The van der Waals surface area contributed by atoms with E-state index in [0.29, 0.717) is 49.4 Å². The van der Waals surface area contributed by atoms with Crippen LogP contribution in [0.25, 0.3) is 11.1 Å². The minimum atomic E-state index is -4.74. The second-order valence-electron chi connectivity index (χ2n) is 11.6. The summed E-state index contributed by atoms with van der Waals surface area (Å²) >= 11 is 0. The van der Waals surface area contributed by atoms with E-state index in [1.165, 1.54) is 24.4 Å². The highest BCUT2D eigenvalue weighted by molar-refractivity contribution is 5.66.